The maximum absolute atomic E-state index is 13.5. The molecule has 0 radical (unpaired) electrons. The highest BCUT2D eigenvalue weighted by Crippen LogP contribution is 2.43. The lowest BCUT2D eigenvalue weighted by atomic mass is 9.84. The number of carboxylic acid groups (broad SMARTS) is 1. The third-order valence-corrected chi connectivity index (χ3v) is 12.1. The van der Waals surface area contributed by atoms with Crippen molar-refractivity contribution in [3.05, 3.63) is 35.9 Å². The molecule has 316 valence electrons. The number of benzene rings is 1. The maximum atomic E-state index is 13.5. The van der Waals surface area contributed by atoms with Gasteiger partial charge in [0, 0.05) is 23.4 Å². The number of carbonyl (C=O) groups is 3. The Bertz CT molecular complexity index is 1500. The van der Waals surface area contributed by atoms with E-state index in [1.807, 2.05) is 0 Å². The van der Waals surface area contributed by atoms with E-state index in [1.165, 1.54) is 11.8 Å². The summed E-state index contributed by atoms with van der Waals surface area (Å²) in [7, 11) is 0. The van der Waals surface area contributed by atoms with Gasteiger partial charge in [0.25, 0.3) is 0 Å². The number of nitrogens with two attached hydrogens (primary N) is 3. The van der Waals surface area contributed by atoms with Crippen molar-refractivity contribution in [1.29, 1.82) is 0 Å². The first-order valence-electron chi connectivity index (χ1n) is 18.2. The van der Waals surface area contributed by atoms with Gasteiger partial charge in [-0.25, -0.2) is 0 Å². The van der Waals surface area contributed by atoms with Crippen LogP contribution < -0.4 is 33.2 Å². The van der Waals surface area contributed by atoms with E-state index < -0.39 is 151 Å². The molecule has 0 spiro atoms. The second-order valence-corrected chi connectivity index (χ2v) is 16.8. The van der Waals surface area contributed by atoms with Crippen molar-refractivity contribution in [2.45, 2.75) is 134 Å². The highest BCUT2D eigenvalue weighted by Gasteiger charge is 2.52. The number of thioether (sulfide) groups is 1. The lowest BCUT2D eigenvalue weighted by molar-refractivity contribution is -0.332. The maximum Gasteiger partial charge on any atom is 0.322 e. The van der Waals surface area contributed by atoms with Crippen LogP contribution in [0.4, 0.5) is 0 Å². The minimum Gasteiger partial charge on any atom is -0.480 e. The fourth-order valence-electron chi connectivity index (χ4n) is 7.38. The molecular weight excluding hydrogens is 764 g/mol. The van der Waals surface area contributed by atoms with Gasteiger partial charge >= 0.3 is 5.97 Å². The van der Waals surface area contributed by atoms with Gasteiger partial charge in [0.15, 0.2) is 12.6 Å². The summed E-state index contributed by atoms with van der Waals surface area (Å²) in [6, 6.07) is 4.55. The molecule has 1 aliphatic carbocycles. The summed E-state index contributed by atoms with van der Waals surface area (Å²) in [4.78, 5) is 38.4. The summed E-state index contributed by atoms with van der Waals surface area (Å²) >= 11 is 1.29. The van der Waals surface area contributed by atoms with Crippen molar-refractivity contribution in [1.82, 2.24) is 16.0 Å². The summed E-state index contributed by atoms with van der Waals surface area (Å²) in [5, 5.41) is 90.9. The molecule has 56 heavy (non-hydrogen) atoms. The fourth-order valence-corrected chi connectivity index (χ4v) is 8.96. The highest BCUT2D eigenvalue weighted by atomic mass is 32.2. The SMILES string of the molecule is CC1(C)S[C@H](C(C(=O)NCC(=O)NC[C@H]2O[C@H](O[C@H]3[C@H](O)[C@@H](O[C@H]4O[C@H](CO)[C@@H](O)[C@H](N)[C@H]4O)[C@H](N)C[C@@H]3N)[C@H](O)[C@@H](O)[C@@H]2O)c2ccccc2)N[C@H]1C(=O)O. The van der Waals surface area contributed by atoms with Crippen LogP contribution in [-0.2, 0) is 33.3 Å². The molecule has 4 fully saturated rings. The first-order chi connectivity index (χ1) is 26.4. The smallest absolute Gasteiger partial charge is 0.322 e. The van der Waals surface area contributed by atoms with Crippen LogP contribution in [0.1, 0.15) is 31.7 Å². The molecule has 0 bridgehead atoms. The van der Waals surface area contributed by atoms with E-state index in [0.717, 1.165) is 0 Å². The summed E-state index contributed by atoms with van der Waals surface area (Å²) < 4.78 is 22.1. The van der Waals surface area contributed by atoms with Crippen molar-refractivity contribution >= 4 is 29.5 Å². The molecule has 5 rings (SSSR count). The largest absolute Gasteiger partial charge is 0.480 e. The lowest BCUT2D eigenvalue weighted by Crippen LogP contribution is -2.68. The summed E-state index contributed by atoms with van der Waals surface area (Å²) in [6.45, 7) is 1.91. The van der Waals surface area contributed by atoms with E-state index in [1.54, 1.807) is 44.2 Å². The van der Waals surface area contributed by atoms with Gasteiger partial charge in [0.05, 0.1) is 30.5 Å². The molecule has 1 saturated carbocycles. The molecule has 21 nitrogen and oxygen atoms in total. The topological polar surface area (TPSA) is 364 Å². The van der Waals surface area contributed by atoms with Crippen LogP contribution in [0.2, 0.25) is 0 Å². The van der Waals surface area contributed by atoms with E-state index in [9.17, 15) is 55.2 Å². The quantitative estimate of drug-likeness (QED) is 0.0880. The van der Waals surface area contributed by atoms with Gasteiger partial charge in [-0.05, 0) is 25.8 Å². The Balaban J connectivity index is 1.19. The number of carboxylic acids is 1. The third kappa shape index (κ3) is 9.63. The van der Waals surface area contributed by atoms with Crippen LogP contribution in [0.15, 0.2) is 30.3 Å². The normalized spacial score (nSPS) is 41.8. The summed E-state index contributed by atoms with van der Waals surface area (Å²) in [6.07, 6.45) is -18.6. The Kier molecular flexibility index (Phi) is 14.7. The Morgan fingerprint density at radius 2 is 1.45 bits per heavy atom. The molecular formula is C34H54N6O15S. The molecule has 1 unspecified atom stereocenters. The summed E-state index contributed by atoms with van der Waals surface area (Å²) in [5.74, 6) is -3.21. The van der Waals surface area contributed by atoms with Gasteiger partial charge in [0.2, 0.25) is 11.8 Å². The van der Waals surface area contributed by atoms with Crippen LogP contribution in [0, 0.1) is 0 Å². The minimum atomic E-state index is -1.86. The Hall–Kier alpha value is -2.62. The Labute approximate surface area is 326 Å². The fraction of sp³-hybridized carbons (Fsp3) is 0.735. The number of hydrogen-bond donors (Lipinski definition) is 14. The van der Waals surface area contributed by atoms with Crippen LogP contribution in [0.3, 0.4) is 0 Å². The van der Waals surface area contributed by atoms with Gasteiger partial charge in [-0.2, -0.15) is 0 Å². The predicted octanol–water partition coefficient (Wildman–Crippen LogP) is -6.34. The minimum absolute atomic E-state index is 0.0228. The molecule has 2 amide bonds. The Morgan fingerprint density at radius 3 is 2.02 bits per heavy atom. The average Bonchev–Trinajstić information content (AvgIpc) is 3.48. The first-order valence-corrected chi connectivity index (χ1v) is 19.1. The molecule has 1 aromatic rings. The monoisotopic (exact) mass is 818 g/mol. The van der Waals surface area contributed by atoms with Gasteiger partial charge in [-0.3, -0.25) is 19.7 Å². The van der Waals surface area contributed by atoms with Crippen LogP contribution in [0.25, 0.3) is 0 Å². The lowest BCUT2D eigenvalue weighted by Gasteiger charge is -2.48. The van der Waals surface area contributed by atoms with Gasteiger partial charge in [-0.15, -0.1) is 11.8 Å². The number of aliphatic hydroxyl groups excluding tert-OH is 7. The van der Waals surface area contributed by atoms with E-state index in [0.29, 0.717) is 5.56 Å². The molecule has 4 aliphatic rings. The zero-order valence-corrected chi connectivity index (χ0v) is 31.5. The van der Waals surface area contributed by atoms with Gasteiger partial charge < -0.3 is 87.6 Å². The number of hydrogen-bond acceptors (Lipinski definition) is 19. The van der Waals surface area contributed by atoms with Crippen molar-refractivity contribution in [2.24, 2.45) is 17.2 Å². The van der Waals surface area contributed by atoms with Gasteiger partial charge in [-0.1, -0.05) is 30.3 Å². The number of amides is 2. The van der Waals surface area contributed by atoms with Crippen LogP contribution >= 0.6 is 11.8 Å². The second kappa shape index (κ2) is 18.5. The van der Waals surface area contributed by atoms with Crippen molar-refractivity contribution < 1.29 is 74.2 Å². The molecule has 3 heterocycles. The standard InChI is InChI=1S/C34H54N6O15S/c1-34(2)28(31(50)51)40-30(56-34)18(12-6-4-3-5-7-12)29(49)39-10-17(42)38-9-15-21(44)23(46)24(47)33(52-15)55-27-14(36)8-13(35)26(25(27)48)54-32-22(45)19(37)20(43)16(11-41)53-32/h3-7,13-16,18-28,30,32-33,40-41,43-48H,8-11,35-37H2,1-2H3,(H,38,42)(H,39,49)(H,50,51)/t13-,14+,15-,16-,18?,19+,20-,21-,22-,23+,24-,25-,26+,27-,28+,30-,32-,33-/m1/s1. The highest BCUT2D eigenvalue weighted by molar-refractivity contribution is 8.01. The van der Waals surface area contributed by atoms with E-state index >= 15 is 0 Å². The van der Waals surface area contributed by atoms with Crippen molar-refractivity contribution in [3.63, 3.8) is 0 Å². The zero-order chi connectivity index (χ0) is 41.2. The molecule has 17 N–H and O–H groups in total. The van der Waals surface area contributed by atoms with Crippen LogP contribution in [0.5, 0.6) is 0 Å². The van der Waals surface area contributed by atoms with E-state index in [4.69, 9.17) is 36.1 Å². The molecule has 22 heteroatoms. The number of ether oxygens (including phenoxy) is 4. The Morgan fingerprint density at radius 1 is 0.857 bits per heavy atom. The van der Waals surface area contributed by atoms with Gasteiger partial charge in [0.1, 0.15) is 67.1 Å². The summed E-state index contributed by atoms with van der Waals surface area (Å²) in [5.41, 5.74) is 18.9. The molecule has 1 aromatic carbocycles. The average molecular weight is 819 g/mol. The van der Waals surface area contributed by atoms with Crippen molar-refractivity contribution in [3.8, 4) is 0 Å². The van der Waals surface area contributed by atoms with Crippen molar-refractivity contribution in [2.75, 3.05) is 19.7 Å². The third-order valence-electron chi connectivity index (χ3n) is 10.6. The molecule has 18 atom stereocenters. The number of rotatable bonds is 13. The van der Waals surface area contributed by atoms with Crippen LogP contribution in [-0.4, -0.2) is 186 Å². The number of aliphatic hydroxyl groups is 7. The number of carbonyl (C=O) groups excluding carboxylic acids is 2. The number of aliphatic carboxylic acids is 1. The molecule has 0 aromatic heterocycles. The van der Waals surface area contributed by atoms with E-state index in [-0.39, 0.29) is 6.42 Å². The van der Waals surface area contributed by atoms with E-state index in [2.05, 4.69) is 16.0 Å². The first kappa shape index (κ1) is 44.5. The molecule has 3 saturated heterocycles. The predicted molar refractivity (Wildman–Crippen MR) is 194 cm³/mol. The molecule has 3 aliphatic heterocycles. The zero-order valence-electron chi connectivity index (χ0n) is 30.7. The second-order valence-electron chi connectivity index (χ2n) is 15.0. The number of nitrogens with one attached hydrogen (secondary N) is 3.